The molecule has 222 valence electrons. The Hall–Kier alpha value is -5.43. The number of ether oxygens (including phenoxy) is 2. The van der Waals surface area contributed by atoms with E-state index in [4.69, 9.17) is 9.47 Å². The van der Waals surface area contributed by atoms with E-state index in [-0.39, 0.29) is 34.1 Å². The van der Waals surface area contributed by atoms with Crippen LogP contribution in [0.3, 0.4) is 0 Å². The molecule has 0 radical (unpaired) electrons. The molecule has 0 bridgehead atoms. The van der Waals surface area contributed by atoms with E-state index in [2.05, 4.69) is 0 Å². The number of benzene rings is 5. The topological polar surface area (TPSA) is 76.1 Å². The van der Waals surface area contributed by atoms with Gasteiger partial charge < -0.3 is 19.5 Å². The van der Waals surface area contributed by atoms with Crippen LogP contribution in [0.15, 0.2) is 121 Å². The van der Waals surface area contributed by atoms with Crippen molar-refractivity contribution in [2.75, 3.05) is 20.3 Å². The van der Waals surface area contributed by atoms with Crippen LogP contribution in [0, 0.1) is 5.82 Å². The molecule has 44 heavy (non-hydrogen) atoms. The lowest BCUT2D eigenvalue weighted by Crippen LogP contribution is -2.33. The molecule has 0 aliphatic rings. The predicted molar refractivity (Wildman–Crippen MR) is 168 cm³/mol. The fourth-order valence-corrected chi connectivity index (χ4v) is 5.18. The van der Waals surface area contributed by atoms with Crippen LogP contribution in [0.5, 0.6) is 11.5 Å². The predicted octanol–water partition coefficient (Wildman–Crippen LogP) is 7.52. The minimum atomic E-state index is -1.20. The molecular weight excluding hydrogens is 557 g/mol. The summed E-state index contributed by atoms with van der Waals surface area (Å²) in [7, 11) is 1.45. The fraction of sp³-hybridized carbons (Fsp3) is 0.135. The first-order chi connectivity index (χ1) is 21.5. The van der Waals surface area contributed by atoms with Crippen molar-refractivity contribution in [1.29, 1.82) is 0 Å². The number of nitrogens with zero attached hydrogens (tertiary/aromatic N) is 1. The van der Waals surface area contributed by atoms with Crippen LogP contribution in [-0.2, 0) is 17.8 Å². The van der Waals surface area contributed by atoms with Crippen molar-refractivity contribution in [2.24, 2.45) is 0 Å². The highest BCUT2D eigenvalue weighted by atomic mass is 19.1. The molecule has 0 fully saturated rings. The third-order valence-corrected chi connectivity index (χ3v) is 7.25. The van der Waals surface area contributed by atoms with Gasteiger partial charge in [-0.25, -0.2) is 9.18 Å². The first kappa shape index (κ1) is 30.0. The van der Waals surface area contributed by atoms with E-state index in [0.29, 0.717) is 30.6 Å². The number of rotatable bonds is 12. The largest absolute Gasteiger partial charge is 0.495 e. The molecule has 0 aliphatic heterocycles. The van der Waals surface area contributed by atoms with Crippen molar-refractivity contribution in [1.82, 2.24) is 4.90 Å². The Labute approximate surface area is 255 Å². The second-order valence-electron chi connectivity index (χ2n) is 10.2. The number of hydrogen-bond acceptors (Lipinski definition) is 4. The van der Waals surface area contributed by atoms with E-state index in [1.165, 1.54) is 13.2 Å². The number of methoxy groups -OCH3 is 1. The zero-order valence-electron chi connectivity index (χ0n) is 24.3. The lowest BCUT2D eigenvalue weighted by atomic mass is 9.92. The average Bonchev–Trinajstić information content (AvgIpc) is 3.06. The second-order valence-corrected chi connectivity index (χ2v) is 10.2. The van der Waals surface area contributed by atoms with Crippen molar-refractivity contribution in [3.63, 3.8) is 0 Å². The first-order valence-corrected chi connectivity index (χ1v) is 14.2. The molecule has 0 aliphatic carbocycles. The molecule has 0 spiro atoms. The summed E-state index contributed by atoms with van der Waals surface area (Å²) in [6.45, 7) is 0.0748. The number of carboxylic acids is 1. The van der Waals surface area contributed by atoms with Crippen molar-refractivity contribution < 1.29 is 28.6 Å². The molecule has 0 atom stereocenters. The smallest absolute Gasteiger partial charge is 0.341 e. The highest BCUT2D eigenvalue weighted by Gasteiger charge is 2.29. The Balaban J connectivity index is 1.71. The third kappa shape index (κ3) is 6.95. The van der Waals surface area contributed by atoms with Crippen molar-refractivity contribution in [2.45, 2.75) is 13.0 Å². The van der Waals surface area contributed by atoms with Crippen LogP contribution in [0.2, 0.25) is 0 Å². The van der Waals surface area contributed by atoms with Gasteiger partial charge in [0.1, 0.15) is 17.3 Å². The van der Waals surface area contributed by atoms with E-state index in [1.54, 1.807) is 29.2 Å². The Kier molecular flexibility index (Phi) is 9.67. The summed E-state index contributed by atoms with van der Waals surface area (Å²) in [5.41, 5.74) is 3.63. The van der Waals surface area contributed by atoms with Crippen LogP contribution in [-0.4, -0.2) is 42.1 Å². The normalized spacial score (nSPS) is 10.7. The van der Waals surface area contributed by atoms with Crippen molar-refractivity contribution in [3.8, 4) is 33.8 Å². The Bertz CT molecular complexity index is 1730. The van der Waals surface area contributed by atoms with Gasteiger partial charge in [0.15, 0.2) is 6.61 Å². The number of halogens is 1. The summed E-state index contributed by atoms with van der Waals surface area (Å²) in [6, 6.07) is 36.4. The molecule has 0 saturated heterocycles. The van der Waals surface area contributed by atoms with Gasteiger partial charge in [-0.15, -0.1) is 0 Å². The molecule has 5 aromatic rings. The number of aliphatic carboxylic acids is 1. The standard InChI is InChI=1S/C37H32FNO5/c1-43-35-31(37(42)39(24-27-15-7-3-8-16-27)22-21-26-13-5-2-6-14-26)23-30(29-19-11-12-20-32(29)38)36(44-25-33(40)41)34(35)28-17-9-4-10-18-28/h2-20,23H,21-22,24-25H2,1H3,(H,40,41). The van der Waals surface area contributed by atoms with E-state index < -0.39 is 18.4 Å². The van der Waals surface area contributed by atoms with Crippen LogP contribution in [0.1, 0.15) is 21.5 Å². The maximum Gasteiger partial charge on any atom is 0.341 e. The van der Waals surface area contributed by atoms with Gasteiger partial charge in [-0.05, 0) is 35.2 Å². The zero-order chi connectivity index (χ0) is 30.9. The van der Waals surface area contributed by atoms with Gasteiger partial charge in [0.25, 0.3) is 5.91 Å². The second kappa shape index (κ2) is 14.2. The van der Waals surface area contributed by atoms with Gasteiger partial charge in [-0.1, -0.05) is 109 Å². The molecule has 1 N–H and O–H groups in total. The van der Waals surface area contributed by atoms with Crippen LogP contribution < -0.4 is 9.47 Å². The molecule has 0 saturated carbocycles. The lowest BCUT2D eigenvalue weighted by molar-refractivity contribution is -0.139. The van der Waals surface area contributed by atoms with Gasteiger partial charge in [0.2, 0.25) is 0 Å². The van der Waals surface area contributed by atoms with Gasteiger partial charge in [0.05, 0.1) is 18.2 Å². The SMILES string of the molecule is COc1c(C(=O)N(CCc2ccccc2)Cc2ccccc2)cc(-c2ccccc2F)c(OCC(=O)O)c1-c1ccccc1. The number of amides is 1. The first-order valence-electron chi connectivity index (χ1n) is 14.2. The number of carbonyl (C=O) groups is 2. The lowest BCUT2D eigenvalue weighted by Gasteiger charge is -2.27. The average molecular weight is 590 g/mol. The van der Waals surface area contributed by atoms with Crippen LogP contribution in [0.25, 0.3) is 22.3 Å². The molecule has 5 aromatic carbocycles. The highest BCUT2D eigenvalue weighted by molar-refractivity contribution is 6.03. The fourth-order valence-electron chi connectivity index (χ4n) is 5.18. The summed E-state index contributed by atoms with van der Waals surface area (Å²) in [5.74, 6) is -1.74. The Morgan fingerprint density at radius 1 is 0.750 bits per heavy atom. The highest BCUT2D eigenvalue weighted by Crippen LogP contribution is 2.48. The minimum absolute atomic E-state index is 0.107. The minimum Gasteiger partial charge on any atom is -0.495 e. The molecule has 0 aromatic heterocycles. The van der Waals surface area contributed by atoms with E-state index >= 15 is 4.39 Å². The van der Waals surface area contributed by atoms with E-state index in [9.17, 15) is 14.7 Å². The Morgan fingerprint density at radius 3 is 1.95 bits per heavy atom. The molecule has 0 unspecified atom stereocenters. The molecule has 6 nitrogen and oxygen atoms in total. The monoisotopic (exact) mass is 589 g/mol. The van der Waals surface area contributed by atoms with Gasteiger partial charge >= 0.3 is 5.97 Å². The summed E-state index contributed by atoms with van der Waals surface area (Å²) in [5, 5.41) is 9.50. The van der Waals surface area contributed by atoms with Crippen LogP contribution in [0.4, 0.5) is 4.39 Å². The summed E-state index contributed by atoms with van der Waals surface area (Å²) < 4.78 is 27.1. The van der Waals surface area contributed by atoms with E-state index in [1.807, 2.05) is 91.0 Å². The number of hydrogen-bond donors (Lipinski definition) is 1. The quantitative estimate of drug-likeness (QED) is 0.163. The van der Waals surface area contributed by atoms with E-state index in [0.717, 1.165) is 11.1 Å². The zero-order valence-corrected chi connectivity index (χ0v) is 24.3. The third-order valence-electron chi connectivity index (χ3n) is 7.25. The summed E-state index contributed by atoms with van der Waals surface area (Å²) >= 11 is 0. The van der Waals surface area contributed by atoms with Crippen molar-refractivity contribution >= 4 is 11.9 Å². The van der Waals surface area contributed by atoms with Crippen LogP contribution >= 0.6 is 0 Å². The maximum absolute atomic E-state index is 15.4. The molecule has 1 amide bonds. The van der Waals surface area contributed by atoms with Gasteiger partial charge in [-0.3, -0.25) is 4.79 Å². The number of carbonyl (C=O) groups excluding carboxylic acids is 1. The van der Waals surface area contributed by atoms with Gasteiger partial charge in [0, 0.05) is 24.2 Å². The molecule has 7 heteroatoms. The van der Waals surface area contributed by atoms with Crippen molar-refractivity contribution in [3.05, 3.63) is 144 Å². The number of carboxylic acid groups (broad SMARTS) is 1. The summed E-state index contributed by atoms with van der Waals surface area (Å²) in [6.07, 6.45) is 0.618. The molecular formula is C37H32FNO5. The molecule has 0 heterocycles. The maximum atomic E-state index is 15.4. The Morgan fingerprint density at radius 2 is 1.34 bits per heavy atom. The molecule has 5 rings (SSSR count). The van der Waals surface area contributed by atoms with Gasteiger partial charge in [-0.2, -0.15) is 0 Å². The summed E-state index contributed by atoms with van der Waals surface area (Å²) in [4.78, 5) is 28.0.